The number of anilines is 1. The first-order valence-electron chi connectivity index (χ1n) is 7.23. The maximum atomic E-state index is 11.8. The third-order valence-electron chi connectivity index (χ3n) is 4.05. The van der Waals surface area contributed by atoms with Gasteiger partial charge in [-0.05, 0) is 13.8 Å². The predicted octanol–water partition coefficient (Wildman–Crippen LogP) is -0.888. The van der Waals surface area contributed by atoms with Gasteiger partial charge in [0.15, 0.2) is 23.2 Å². The number of aromatic amines is 1. The summed E-state index contributed by atoms with van der Waals surface area (Å²) in [6.45, 7) is 3.85. The molecule has 0 radical (unpaired) electrons. The Morgan fingerprint density at radius 3 is 3.09 bits per heavy atom. The zero-order chi connectivity index (χ0) is 16.4. The first-order chi connectivity index (χ1) is 10.9. The molecule has 2 aliphatic heterocycles. The molecule has 2 aromatic heterocycles. The number of aliphatic hydroxyl groups excluding tert-OH is 1. The molecule has 0 amide bonds. The molecule has 0 saturated carbocycles. The van der Waals surface area contributed by atoms with Gasteiger partial charge in [-0.3, -0.25) is 14.3 Å². The molecule has 4 heterocycles. The van der Waals surface area contributed by atoms with Crippen LogP contribution in [-0.4, -0.2) is 55.3 Å². The van der Waals surface area contributed by atoms with E-state index in [-0.39, 0.29) is 17.1 Å². The van der Waals surface area contributed by atoms with Gasteiger partial charge in [0.2, 0.25) is 5.95 Å². The molecule has 4 N–H and O–H groups in total. The molecular formula is C13H17N5O5. The fraction of sp³-hybridized carbons (Fsp3) is 0.615. The second kappa shape index (κ2) is 4.74. The fourth-order valence-corrected chi connectivity index (χ4v) is 3.00. The van der Waals surface area contributed by atoms with Crippen LogP contribution in [0.3, 0.4) is 0 Å². The Labute approximate surface area is 130 Å². The number of nitrogens with two attached hydrogens (primary N) is 1. The van der Waals surface area contributed by atoms with E-state index < -0.39 is 35.9 Å². The molecule has 4 atom stereocenters. The van der Waals surface area contributed by atoms with E-state index in [1.54, 1.807) is 13.8 Å². The first-order valence-corrected chi connectivity index (χ1v) is 7.23. The van der Waals surface area contributed by atoms with Crippen molar-refractivity contribution < 1.29 is 19.3 Å². The van der Waals surface area contributed by atoms with Gasteiger partial charge in [0.05, 0.1) is 12.9 Å². The molecule has 0 aliphatic carbocycles. The number of H-pyrrole nitrogens is 1. The average Bonchev–Trinajstić information content (AvgIpc) is 3.00. The summed E-state index contributed by atoms with van der Waals surface area (Å²) in [5.74, 6) is -0.827. The van der Waals surface area contributed by atoms with Gasteiger partial charge < -0.3 is 25.1 Å². The van der Waals surface area contributed by atoms with Crippen LogP contribution in [-0.2, 0) is 14.2 Å². The van der Waals surface area contributed by atoms with Crippen molar-refractivity contribution in [2.45, 2.75) is 44.2 Å². The largest absolute Gasteiger partial charge is 0.386 e. The molecular weight excluding hydrogens is 306 g/mol. The number of nitrogens with zero attached hydrogens (tertiary/aromatic N) is 3. The molecule has 2 fully saturated rings. The van der Waals surface area contributed by atoms with E-state index in [1.165, 1.54) is 10.9 Å². The minimum absolute atomic E-state index is 0.0325. The van der Waals surface area contributed by atoms with Crippen molar-refractivity contribution in [3.8, 4) is 0 Å². The molecule has 0 unspecified atom stereocenters. The zero-order valence-electron chi connectivity index (χ0n) is 12.6. The van der Waals surface area contributed by atoms with Crippen LogP contribution in [0.2, 0.25) is 0 Å². The minimum atomic E-state index is -0.956. The van der Waals surface area contributed by atoms with Crippen molar-refractivity contribution in [2.75, 3.05) is 12.3 Å². The number of fused-ring (bicyclic) bond motifs is 2. The van der Waals surface area contributed by atoms with Crippen molar-refractivity contribution in [3.63, 3.8) is 0 Å². The molecule has 0 aromatic carbocycles. The Kier molecular flexibility index (Phi) is 3.00. The highest BCUT2D eigenvalue weighted by molar-refractivity contribution is 5.70. The second-order valence-electron chi connectivity index (χ2n) is 6.12. The number of rotatable bonds is 1. The predicted molar refractivity (Wildman–Crippen MR) is 77.4 cm³/mol. The van der Waals surface area contributed by atoms with E-state index in [0.29, 0.717) is 6.61 Å². The molecule has 4 rings (SSSR count). The van der Waals surface area contributed by atoms with Gasteiger partial charge in [-0.2, -0.15) is 4.98 Å². The van der Waals surface area contributed by atoms with Gasteiger partial charge in [-0.1, -0.05) is 0 Å². The summed E-state index contributed by atoms with van der Waals surface area (Å²) in [6.07, 6.45) is -1.31. The number of imidazole rings is 1. The molecule has 2 aromatic rings. The number of aliphatic hydroxyl groups is 1. The number of nitrogens with one attached hydrogen (secondary N) is 1. The van der Waals surface area contributed by atoms with Crippen molar-refractivity contribution >= 4 is 17.1 Å². The van der Waals surface area contributed by atoms with Crippen LogP contribution >= 0.6 is 0 Å². The van der Waals surface area contributed by atoms with Crippen molar-refractivity contribution in [3.05, 3.63) is 16.7 Å². The lowest BCUT2D eigenvalue weighted by molar-refractivity contribution is -0.300. The smallest absolute Gasteiger partial charge is 0.280 e. The van der Waals surface area contributed by atoms with E-state index in [0.717, 1.165) is 0 Å². The second-order valence-corrected chi connectivity index (χ2v) is 6.12. The monoisotopic (exact) mass is 323 g/mol. The summed E-state index contributed by atoms with van der Waals surface area (Å²) in [5.41, 5.74) is 5.51. The van der Waals surface area contributed by atoms with Crippen LogP contribution in [0.1, 0.15) is 20.1 Å². The molecule has 10 nitrogen and oxygen atoms in total. The number of nitrogen functional groups attached to an aromatic ring is 1. The number of hydrogen-bond donors (Lipinski definition) is 3. The van der Waals surface area contributed by atoms with Crippen molar-refractivity contribution in [1.29, 1.82) is 0 Å². The van der Waals surface area contributed by atoms with E-state index in [2.05, 4.69) is 15.0 Å². The molecule has 23 heavy (non-hydrogen) atoms. The van der Waals surface area contributed by atoms with E-state index in [1.807, 2.05) is 0 Å². The van der Waals surface area contributed by atoms with Crippen LogP contribution in [0.15, 0.2) is 11.1 Å². The Bertz CT molecular complexity index is 815. The number of hydrogen-bond acceptors (Lipinski definition) is 8. The maximum Gasteiger partial charge on any atom is 0.280 e. The SMILES string of the molecule is CC1(C)OC[C@H]2O[C@@H](n3cnc4c(=O)[nH]c(N)nc43)[C@H](O)[C@@H]2O1. The van der Waals surface area contributed by atoms with Crippen LogP contribution in [0, 0.1) is 0 Å². The average molecular weight is 323 g/mol. The minimum Gasteiger partial charge on any atom is -0.386 e. The number of ether oxygens (including phenoxy) is 3. The van der Waals surface area contributed by atoms with Crippen molar-refractivity contribution in [1.82, 2.24) is 19.5 Å². The molecule has 0 bridgehead atoms. The van der Waals surface area contributed by atoms with Crippen LogP contribution in [0.25, 0.3) is 11.2 Å². The Morgan fingerprint density at radius 2 is 2.30 bits per heavy atom. The Hall–Kier alpha value is -2.01. The van der Waals surface area contributed by atoms with Gasteiger partial charge in [-0.25, -0.2) is 4.98 Å². The van der Waals surface area contributed by atoms with Crippen LogP contribution in [0.4, 0.5) is 5.95 Å². The quantitative estimate of drug-likeness (QED) is 0.614. The van der Waals surface area contributed by atoms with Gasteiger partial charge in [0.1, 0.15) is 18.3 Å². The number of aromatic nitrogens is 4. The topological polar surface area (TPSA) is 138 Å². The summed E-state index contributed by atoms with van der Waals surface area (Å²) < 4.78 is 18.6. The third-order valence-corrected chi connectivity index (χ3v) is 4.05. The molecule has 10 heteroatoms. The molecule has 0 spiro atoms. The maximum absolute atomic E-state index is 11.8. The lowest BCUT2D eigenvalue weighted by Crippen LogP contribution is -2.50. The van der Waals surface area contributed by atoms with Crippen LogP contribution < -0.4 is 11.3 Å². The fourth-order valence-electron chi connectivity index (χ4n) is 3.00. The Balaban J connectivity index is 1.73. The lowest BCUT2D eigenvalue weighted by atomic mass is 10.1. The summed E-state index contributed by atoms with van der Waals surface area (Å²) in [7, 11) is 0. The highest BCUT2D eigenvalue weighted by atomic mass is 16.7. The highest BCUT2D eigenvalue weighted by Crippen LogP contribution is 2.38. The normalized spacial score (nSPS) is 33.0. The zero-order valence-corrected chi connectivity index (χ0v) is 12.6. The van der Waals surface area contributed by atoms with Crippen LogP contribution in [0.5, 0.6) is 0 Å². The summed E-state index contributed by atoms with van der Waals surface area (Å²) in [5, 5.41) is 10.6. The molecule has 2 saturated heterocycles. The van der Waals surface area contributed by atoms with E-state index >= 15 is 0 Å². The van der Waals surface area contributed by atoms with Crippen molar-refractivity contribution in [2.24, 2.45) is 0 Å². The van der Waals surface area contributed by atoms with Gasteiger partial charge in [-0.15, -0.1) is 0 Å². The van der Waals surface area contributed by atoms with E-state index in [9.17, 15) is 9.90 Å². The van der Waals surface area contributed by atoms with E-state index in [4.69, 9.17) is 19.9 Å². The summed E-state index contributed by atoms with van der Waals surface area (Å²) in [4.78, 5) is 22.3. The highest BCUT2D eigenvalue weighted by Gasteiger charge is 2.51. The molecule has 124 valence electrons. The molecule has 2 aliphatic rings. The summed E-state index contributed by atoms with van der Waals surface area (Å²) in [6, 6.07) is 0. The third kappa shape index (κ3) is 2.22. The van der Waals surface area contributed by atoms with Gasteiger partial charge in [0.25, 0.3) is 5.56 Å². The van der Waals surface area contributed by atoms with Gasteiger partial charge >= 0.3 is 0 Å². The van der Waals surface area contributed by atoms with Gasteiger partial charge in [0, 0.05) is 0 Å². The lowest BCUT2D eigenvalue weighted by Gasteiger charge is -2.37. The Morgan fingerprint density at radius 1 is 1.52 bits per heavy atom. The summed E-state index contributed by atoms with van der Waals surface area (Å²) >= 11 is 0. The standard InChI is InChI=1S/C13H17N5O5/c1-13(2)21-3-5-8(23-13)7(19)11(22-5)18-4-15-6-9(18)16-12(14)17-10(6)20/h4-5,7-8,11,19H,3H2,1-2H3,(H3,14,16,17,20)/t5-,7-,8-,11-/m1/s1. The first kappa shape index (κ1) is 14.6.